The third-order valence-corrected chi connectivity index (χ3v) is 10.4. The molecule has 0 atom stereocenters. The Hall–Kier alpha value is 0.244. The average Bonchev–Trinajstić information content (AvgIpc) is 2.94. The number of carbonyl (C=O) groups is 1. The van der Waals surface area contributed by atoms with Crippen LogP contribution in [0.5, 0.6) is 0 Å². The fourth-order valence-electron chi connectivity index (χ4n) is 3.16. The van der Waals surface area contributed by atoms with Crippen molar-refractivity contribution in [3.63, 3.8) is 0 Å². The quantitative estimate of drug-likeness (QED) is 0.565. The number of nitrogens with one attached hydrogen (secondary N) is 1. The average molecular weight is 338 g/mol. The molecule has 1 N–H and O–H groups in total. The Kier molecular flexibility index (Phi) is 6.65. The molecule has 0 aromatic carbocycles. The van der Waals surface area contributed by atoms with Gasteiger partial charge in [-0.25, -0.2) is 0 Å². The van der Waals surface area contributed by atoms with Crippen LogP contribution in [0.3, 0.4) is 0 Å². The van der Waals surface area contributed by atoms with Crippen molar-refractivity contribution in [2.45, 2.75) is 48.0 Å². The molecular formula is C14H21Cl2NOTi. The molecule has 3 aliphatic rings. The maximum Gasteiger partial charge on any atom is -1.00 e. The monoisotopic (exact) mass is 337 g/mol. The molecule has 106 valence electrons. The van der Waals surface area contributed by atoms with E-state index in [0.29, 0.717) is 11.8 Å². The minimum atomic E-state index is -2.00. The fraction of sp³-hybridized carbons (Fsp3) is 0.643. The number of hydrogen-bond donors (Lipinski definition) is 1. The molecule has 0 radical (unpaired) electrons. The number of rotatable bonds is 3. The summed E-state index contributed by atoms with van der Waals surface area (Å²) in [7, 11) is 0. The Morgan fingerprint density at radius 2 is 1.84 bits per heavy atom. The molecule has 5 heteroatoms. The zero-order valence-corrected chi connectivity index (χ0v) is 14.2. The largest absolute Gasteiger partial charge is 1.00 e. The van der Waals surface area contributed by atoms with Gasteiger partial charge in [-0.2, -0.15) is 0 Å². The van der Waals surface area contributed by atoms with Gasteiger partial charge in [0.2, 0.25) is 0 Å². The zero-order valence-electron chi connectivity index (χ0n) is 11.1. The van der Waals surface area contributed by atoms with Gasteiger partial charge in [-0.05, 0) is 0 Å². The normalized spacial score (nSPS) is 22.2. The molecular weight excluding hydrogens is 317 g/mol. The van der Waals surface area contributed by atoms with Gasteiger partial charge in [-0.3, -0.25) is 0 Å². The molecule has 2 fully saturated rings. The van der Waals surface area contributed by atoms with E-state index in [2.05, 4.69) is 22.0 Å². The fourth-order valence-corrected chi connectivity index (χ4v) is 9.30. The van der Waals surface area contributed by atoms with Gasteiger partial charge in [0.15, 0.2) is 0 Å². The van der Waals surface area contributed by atoms with Crippen molar-refractivity contribution >= 4 is 5.91 Å². The minimum absolute atomic E-state index is 0. The second-order valence-electron chi connectivity index (χ2n) is 5.73. The van der Waals surface area contributed by atoms with E-state index >= 15 is 0 Å². The van der Waals surface area contributed by atoms with E-state index in [9.17, 15) is 4.79 Å². The Morgan fingerprint density at radius 3 is 2.37 bits per heavy atom. The first-order valence-electron chi connectivity index (χ1n) is 6.98. The van der Waals surface area contributed by atoms with Crippen molar-refractivity contribution in [3.05, 3.63) is 22.1 Å². The van der Waals surface area contributed by atoms with Crippen LogP contribution in [0.15, 0.2) is 22.1 Å². The number of carbonyl (C=O) groups excluding carboxylic acids is 1. The predicted octanol–water partition coefficient (Wildman–Crippen LogP) is -2.55. The molecule has 0 unspecified atom stereocenters. The molecule has 1 heterocycles. The molecule has 1 amide bonds. The van der Waals surface area contributed by atoms with E-state index in [1.165, 1.54) is 28.7 Å². The molecule has 1 saturated heterocycles. The summed E-state index contributed by atoms with van der Waals surface area (Å²) in [5.74, 6) is 0.733. The second kappa shape index (κ2) is 7.31. The summed E-state index contributed by atoms with van der Waals surface area (Å²) < 4.78 is 7.78. The second-order valence-corrected chi connectivity index (χ2v) is 12.1. The van der Waals surface area contributed by atoms with Crippen molar-refractivity contribution in [2.24, 2.45) is 5.92 Å². The van der Waals surface area contributed by atoms with Crippen LogP contribution in [0.25, 0.3) is 0 Å². The Bertz CT molecular complexity index is 385. The molecule has 1 aliphatic heterocycles. The maximum atomic E-state index is 12.3. The van der Waals surface area contributed by atoms with Crippen LogP contribution < -0.4 is 28.6 Å². The Morgan fingerprint density at radius 1 is 1.16 bits per heavy atom. The summed E-state index contributed by atoms with van der Waals surface area (Å²) in [5.41, 5.74) is 0. The van der Waals surface area contributed by atoms with Gasteiger partial charge in [0.05, 0.1) is 0 Å². The summed E-state index contributed by atoms with van der Waals surface area (Å²) in [6.07, 6.45) is 13.9. The van der Waals surface area contributed by atoms with Gasteiger partial charge in [-0.1, -0.05) is 0 Å². The number of hydrogen-bond acceptors (Lipinski definition) is 1. The predicted molar refractivity (Wildman–Crippen MR) is 66.2 cm³/mol. The van der Waals surface area contributed by atoms with E-state index in [-0.39, 0.29) is 24.8 Å². The van der Waals surface area contributed by atoms with E-state index in [1.807, 2.05) is 0 Å². The Balaban J connectivity index is 0.000000902. The molecule has 2 nitrogen and oxygen atoms in total. The van der Waals surface area contributed by atoms with Crippen LogP contribution in [0, 0.1) is 5.92 Å². The van der Waals surface area contributed by atoms with E-state index < -0.39 is 16.8 Å². The first kappa shape index (κ1) is 17.3. The molecule has 0 spiro atoms. The summed E-state index contributed by atoms with van der Waals surface area (Å²) >= 11 is -2.00. The number of amides is 1. The summed E-state index contributed by atoms with van der Waals surface area (Å²) in [4.78, 5) is 12.3. The Labute approximate surface area is 132 Å². The third-order valence-electron chi connectivity index (χ3n) is 4.47. The zero-order chi connectivity index (χ0) is 11.7. The van der Waals surface area contributed by atoms with Crippen molar-refractivity contribution in [1.29, 1.82) is 0 Å². The standard InChI is InChI=1S/C7H13NO.C5H5.C2H4.2ClH.Ti/c8-7(9)6-4-2-1-3-5-6;1-2-4-5-3-1;1-2;;;/h6H,1-5H2,(H2,8,9);1-3H,4H2;1-2H2;2*1H;/q;;;;;+3/p-3. The van der Waals surface area contributed by atoms with Crippen molar-refractivity contribution < 1.29 is 46.5 Å². The molecule has 0 bridgehead atoms. The van der Waals surface area contributed by atoms with Crippen molar-refractivity contribution in [3.8, 4) is 0 Å². The van der Waals surface area contributed by atoms with Crippen LogP contribution >= 0.6 is 0 Å². The smallest absolute Gasteiger partial charge is 1.00 e. The minimum Gasteiger partial charge on any atom is -1.00 e. The summed E-state index contributed by atoms with van der Waals surface area (Å²) in [6.45, 7) is 0. The first-order valence-corrected chi connectivity index (χ1v) is 10.8. The van der Waals surface area contributed by atoms with Crippen LogP contribution in [0.2, 0.25) is 9.45 Å². The number of allylic oxidation sites excluding steroid dienone is 4. The molecule has 0 aromatic rings. The van der Waals surface area contributed by atoms with Gasteiger partial charge >= 0.3 is 107 Å². The van der Waals surface area contributed by atoms with E-state index in [4.69, 9.17) is 0 Å². The van der Waals surface area contributed by atoms with E-state index in [1.54, 1.807) is 3.88 Å². The van der Waals surface area contributed by atoms with Gasteiger partial charge in [0, 0.05) is 0 Å². The van der Waals surface area contributed by atoms with E-state index in [0.717, 1.165) is 19.3 Å². The molecule has 0 aromatic heterocycles. The third kappa shape index (κ3) is 3.88. The van der Waals surface area contributed by atoms with Crippen LogP contribution in [0.4, 0.5) is 0 Å². The summed E-state index contributed by atoms with van der Waals surface area (Å²) in [6, 6.07) is 0. The van der Waals surface area contributed by atoms with Crippen molar-refractivity contribution in [1.82, 2.24) is 3.80 Å². The van der Waals surface area contributed by atoms with Gasteiger partial charge < -0.3 is 24.8 Å². The van der Waals surface area contributed by atoms with Gasteiger partial charge in [0.25, 0.3) is 0 Å². The molecule has 2 aliphatic carbocycles. The van der Waals surface area contributed by atoms with Crippen LogP contribution in [-0.2, 0) is 21.6 Å². The topological polar surface area (TPSA) is 29.1 Å². The van der Waals surface area contributed by atoms with Crippen LogP contribution in [0.1, 0.15) is 38.5 Å². The SMILES string of the molecule is O=C([NH][Ti+2]1([C]2=CC=CC2)[CH2][CH2]1)C1CCCCC1.[Cl-].[Cl-]. The first-order chi connectivity index (χ1) is 8.30. The molecule has 19 heavy (non-hydrogen) atoms. The number of halogens is 2. The van der Waals surface area contributed by atoms with Gasteiger partial charge in [0.1, 0.15) is 0 Å². The van der Waals surface area contributed by atoms with Crippen LogP contribution in [-0.4, -0.2) is 5.91 Å². The molecule has 1 saturated carbocycles. The van der Waals surface area contributed by atoms with Crippen molar-refractivity contribution in [2.75, 3.05) is 0 Å². The van der Waals surface area contributed by atoms with Gasteiger partial charge in [-0.15, -0.1) is 0 Å². The summed E-state index contributed by atoms with van der Waals surface area (Å²) in [5, 5.41) is 0. The maximum absolute atomic E-state index is 12.3. The molecule has 3 rings (SSSR count).